The molecule has 4 nitrogen and oxygen atoms in total. The van der Waals surface area contributed by atoms with Gasteiger partial charge in [0.25, 0.3) is 0 Å². The number of nitrogens with zero attached hydrogens (tertiary/aromatic N) is 4. The second-order valence-corrected chi connectivity index (χ2v) is 2.49. The van der Waals surface area contributed by atoms with E-state index in [4.69, 9.17) is 0 Å². The van der Waals surface area contributed by atoms with Gasteiger partial charge in [0.2, 0.25) is 0 Å². The molecule has 0 amide bonds. The van der Waals surface area contributed by atoms with Crippen molar-refractivity contribution >= 4 is 0 Å². The van der Waals surface area contributed by atoms with Crippen LogP contribution in [0.15, 0.2) is 31.1 Å². The number of aromatic nitrogens is 4. The molecular weight excluding hydrogens is 152 g/mol. The number of hydrogen-bond donors (Lipinski definition) is 0. The quantitative estimate of drug-likeness (QED) is 0.624. The number of imidazole rings is 1. The zero-order valence-corrected chi connectivity index (χ0v) is 6.68. The first-order valence-corrected chi connectivity index (χ1v) is 3.63. The molecule has 0 saturated carbocycles. The van der Waals surface area contributed by atoms with Gasteiger partial charge in [0.15, 0.2) is 0 Å². The molecule has 2 aromatic rings. The SMILES string of the molecule is Cc1cn(-c2ccncn2)cn1. The van der Waals surface area contributed by atoms with Gasteiger partial charge in [0, 0.05) is 12.4 Å². The number of aryl methyl sites for hydroxylation is 1. The van der Waals surface area contributed by atoms with Crippen LogP contribution in [0.1, 0.15) is 5.69 Å². The van der Waals surface area contributed by atoms with E-state index in [9.17, 15) is 0 Å². The van der Waals surface area contributed by atoms with Gasteiger partial charge in [-0.3, -0.25) is 4.57 Å². The van der Waals surface area contributed by atoms with E-state index in [0.717, 1.165) is 11.5 Å². The highest BCUT2D eigenvalue weighted by atomic mass is 15.1. The summed E-state index contributed by atoms with van der Waals surface area (Å²) in [6.07, 6.45) is 6.88. The van der Waals surface area contributed by atoms with Crippen LogP contribution < -0.4 is 0 Å². The lowest BCUT2D eigenvalue weighted by Gasteiger charge is -1.96. The Hall–Kier alpha value is -1.71. The summed E-state index contributed by atoms with van der Waals surface area (Å²) in [5.74, 6) is 0.839. The van der Waals surface area contributed by atoms with Crippen molar-refractivity contribution in [1.29, 1.82) is 0 Å². The predicted molar refractivity (Wildman–Crippen MR) is 43.9 cm³/mol. The van der Waals surface area contributed by atoms with Crippen molar-refractivity contribution in [3.05, 3.63) is 36.8 Å². The Morgan fingerprint density at radius 3 is 2.83 bits per heavy atom. The van der Waals surface area contributed by atoms with Crippen LogP contribution in [0.4, 0.5) is 0 Å². The third-order valence-corrected chi connectivity index (χ3v) is 1.54. The lowest BCUT2D eigenvalue weighted by Crippen LogP contribution is -1.93. The van der Waals surface area contributed by atoms with E-state index in [-0.39, 0.29) is 0 Å². The molecule has 0 aliphatic carbocycles. The molecule has 0 bridgehead atoms. The van der Waals surface area contributed by atoms with Gasteiger partial charge >= 0.3 is 0 Å². The van der Waals surface area contributed by atoms with E-state index in [1.165, 1.54) is 6.33 Å². The van der Waals surface area contributed by atoms with Crippen LogP contribution in [-0.4, -0.2) is 19.5 Å². The molecule has 60 valence electrons. The molecule has 0 atom stereocenters. The fourth-order valence-electron chi connectivity index (χ4n) is 0.983. The van der Waals surface area contributed by atoms with Crippen molar-refractivity contribution in [3.63, 3.8) is 0 Å². The van der Waals surface area contributed by atoms with Crippen LogP contribution in [-0.2, 0) is 0 Å². The smallest absolute Gasteiger partial charge is 0.141 e. The molecule has 0 aromatic carbocycles. The van der Waals surface area contributed by atoms with E-state index in [2.05, 4.69) is 15.0 Å². The molecule has 4 heteroatoms. The molecule has 2 heterocycles. The van der Waals surface area contributed by atoms with Crippen molar-refractivity contribution in [2.45, 2.75) is 6.92 Å². The van der Waals surface area contributed by atoms with E-state index >= 15 is 0 Å². The first kappa shape index (κ1) is 6.97. The highest BCUT2D eigenvalue weighted by Gasteiger charge is 1.96. The fraction of sp³-hybridized carbons (Fsp3) is 0.125. The highest BCUT2D eigenvalue weighted by Crippen LogP contribution is 2.02. The summed E-state index contributed by atoms with van der Waals surface area (Å²) >= 11 is 0. The van der Waals surface area contributed by atoms with Gasteiger partial charge in [0.05, 0.1) is 5.69 Å². The minimum atomic E-state index is 0.839. The van der Waals surface area contributed by atoms with Gasteiger partial charge < -0.3 is 0 Å². The summed E-state index contributed by atoms with van der Waals surface area (Å²) in [6.45, 7) is 1.94. The number of hydrogen-bond acceptors (Lipinski definition) is 3. The van der Waals surface area contributed by atoms with Gasteiger partial charge in [0.1, 0.15) is 18.5 Å². The average molecular weight is 160 g/mol. The van der Waals surface area contributed by atoms with Crippen molar-refractivity contribution in [2.24, 2.45) is 0 Å². The predicted octanol–water partition coefficient (Wildman–Crippen LogP) is 0.971. The second kappa shape index (κ2) is 2.73. The summed E-state index contributed by atoms with van der Waals surface area (Å²) in [7, 11) is 0. The van der Waals surface area contributed by atoms with Crippen LogP contribution >= 0.6 is 0 Å². The Bertz CT molecular complexity index is 366. The third kappa shape index (κ3) is 1.18. The summed E-state index contributed by atoms with van der Waals surface area (Å²) in [4.78, 5) is 12.0. The maximum Gasteiger partial charge on any atom is 0.141 e. The lowest BCUT2D eigenvalue weighted by atomic mass is 10.5. The van der Waals surface area contributed by atoms with Gasteiger partial charge in [-0.1, -0.05) is 0 Å². The van der Waals surface area contributed by atoms with Crippen molar-refractivity contribution in [1.82, 2.24) is 19.5 Å². The summed E-state index contributed by atoms with van der Waals surface area (Å²) in [5, 5.41) is 0. The minimum Gasteiger partial charge on any atom is -0.290 e. The molecular formula is C8H8N4. The van der Waals surface area contributed by atoms with E-state index in [0.29, 0.717) is 0 Å². The third-order valence-electron chi connectivity index (χ3n) is 1.54. The van der Waals surface area contributed by atoms with Crippen LogP contribution in [0.2, 0.25) is 0 Å². The molecule has 0 aliphatic rings. The Morgan fingerprint density at radius 2 is 2.25 bits per heavy atom. The zero-order valence-electron chi connectivity index (χ0n) is 6.68. The topological polar surface area (TPSA) is 43.6 Å². The molecule has 2 rings (SSSR count). The molecule has 0 saturated heterocycles. The molecule has 12 heavy (non-hydrogen) atoms. The second-order valence-electron chi connectivity index (χ2n) is 2.49. The largest absolute Gasteiger partial charge is 0.290 e. The monoisotopic (exact) mass is 160 g/mol. The van der Waals surface area contributed by atoms with Gasteiger partial charge in [-0.05, 0) is 13.0 Å². The van der Waals surface area contributed by atoms with Crippen LogP contribution in [0, 0.1) is 6.92 Å². The van der Waals surface area contributed by atoms with Gasteiger partial charge in [-0.2, -0.15) is 0 Å². The Morgan fingerprint density at radius 1 is 1.33 bits per heavy atom. The molecule has 0 spiro atoms. The van der Waals surface area contributed by atoms with Crippen molar-refractivity contribution < 1.29 is 0 Å². The van der Waals surface area contributed by atoms with Crippen molar-refractivity contribution in [3.8, 4) is 5.82 Å². The summed E-state index contributed by atoms with van der Waals surface area (Å²) in [5.41, 5.74) is 0.980. The molecule has 0 aliphatic heterocycles. The van der Waals surface area contributed by atoms with Crippen LogP contribution in [0.5, 0.6) is 0 Å². The van der Waals surface area contributed by atoms with Crippen molar-refractivity contribution in [2.75, 3.05) is 0 Å². The van der Waals surface area contributed by atoms with E-state index in [1.54, 1.807) is 12.5 Å². The Balaban J connectivity index is 2.45. The standard InChI is InChI=1S/C8H8N4/c1-7-4-12(6-11-7)8-2-3-9-5-10-8/h2-6H,1H3. The van der Waals surface area contributed by atoms with E-state index in [1.807, 2.05) is 23.8 Å². The lowest BCUT2D eigenvalue weighted by molar-refractivity contribution is 0.970. The van der Waals surface area contributed by atoms with E-state index < -0.39 is 0 Å². The Kier molecular flexibility index (Phi) is 1.59. The number of rotatable bonds is 1. The van der Waals surface area contributed by atoms with Gasteiger partial charge in [-0.25, -0.2) is 15.0 Å². The zero-order chi connectivity index (χ0) is 8.39. The Labute approximate surface area is 69.9 Å². The molecule has 2 aromatic heterocycles. The summed E-state index contributed by atoms with van der Waals surface area (Å²) in [6, 6.07) is 1.83. The molecule has 0 unspecified atom stereocenters. The van der Waals surface area contributed by atoms with Gasteiger partial charge in [-0.15, -0.1) is 0 Å². The van der Waals surface area contributed by atoms with Crippen LogP contribution in [0.3, 0.4) is 0 Å². The highest BCUT2D eigenvalue weighted by molar-refractivity contribution is 5.19. The first-order valence-electron chi connectivity index (χ1n) is 3.63. The fourth-order valence-corrected chi connectivity index (χ4v) is 0.983. The minimum absolute atomic E-state index is 0.839. The molecule has 0 N–H and O–H groups in total. The maximum absolute atomic E-state index is 4.10. The average Bonchev–Trinajstić information content (AvgIpc) is 2.54. The maximum atomic E-state index is 4.10. The molecule has 0 radical (unpaired) electrons. The normalized spacial score (nSPS) is 10.1. The molecule has 0 fully saturated rings. The van der Waals surface area contributed by atoms with Crippen LogP contribution in [0.25, 0.3) is 5.82 Å². The summed E-state index contributed by atoms with van der Waals surface area (Å²) < 4.78 is 1.86. The first-order chi connectivity index (χ1) is 5.86.